The van der Waals surface area contributed by atoms with Crippen LogP contribution in [-0.2, 0) is 4.74 Å². The van der Waals surface area contributed by atoms with Crippen molar-refractivity contribution in [2.45, 2.75) is 46.3 Å². The zero-order chi connectivity index (χ0) is 14.9. The van der Waals surface area contributed by atoms with E-state index in [4.69, 9.17) is 4.74 Å². The minimum absolute atomic E-state index is 0.189. The Hall–Kier alpha value is -0.810. The Morgan fingerprint density at radius 2 is 1.95 bits per heavy atom. The number of ether oxygens (including phenoxy) is 1. The van der Waals surface area contributed by atoms with Crippen molar-refractivity contribution >= 4 is 5.96 Å². The van der Waals surface area contributed by atoms with Crippen LogP contribution < -0.4 is 10.6 Å². The second-order valence-corrected chi connectivity index (χ2v) is 5.54. The van der Waals surface area contributed by atoms with Crippen LogP contribution in [0.1, 0.15) is 34.6 Å². The van der Waals surface area contributed by atoms with Crippen LogP contribution in [0.3, 0.4) is 0 Å². The van der Waals surface area contributed by atoms with Crippen molar-refractivity contribution < 1.29 is 4.74 Å². The first-order valence-electron chi connectivity index (χ1n) is 7.10. The fraction of sp³-hybridized carbons (Fsp3) is 0.929. The van der Waals surface area contributed by atoms with Gasteiger partial charge in [0.05, 0.1) is 5.60 Å². The molecule has 0 saturated carbocycles. The lowest BCUT2D eigenvalue weighted by molar-refractivity contribution is 0.0268. The fourth-order valence-electron chi connectivity index (χ4n) is 1.69. The molecule has 0 radical (unpaired) electrons. The number of aliphatic imine (C=N–C) groups is 1. The molecule has 19 heavy (non-hydrogen) atoms. The highest BCUT2D eigenvalue weighted by Gasteiger charge is 2.16. The quantitative estimate of drug-likeness (QED) is 0.517. The lowest BCUT2D eigenvalue weighted by Gasteiger charge is -2.26. The van der Waals surface area contributed by atoms with Crippen LogP contribution in [0, 0.1) is 0 Å². The maximum atomic E-state index is 5.37. The van der Waals surface area contributed by atoms with Crippen LogP contribution in [0.15, 0.2) is 4.99 Å². The largest absolute Gasteiger partial charge is 0.377 e. The second kappa shape index (κ2) is 9.15. The van der Waals surface area contributed by atoms with E-state index in [0.29, 0.717) is 6.04 Å². The Morgan fingerprint density at radius 3 is 2.37 bits per heavy atom. The van der Waals surface area contributed by atoms with Crippen LogP contribution in [0.5, 0.6) is 0 Å². The number of nitrogens with zero attached hydrogens (tertiary/aromatic N) is 2. The summed E-state index contributed by atoms with van der Waals surface area (Å²) in [6, 6.07) is 0.578. The summed E-state index contributed by atoms with van der Waals surface area (Å²) >= 11 is 0. The molecule has 0 aromatic heterocycles. The van der Waals surface area contributed by atoms with Gasteiger partial charge in [-0.15, -0.1) is 0 Å². The van der Waals surface area contributed by atoms with Gasteiger partial charge < -0.3 is 15.4 Å². The molecule has 0 saturated heterocycles. The molecule has 0 unspecified atom stereocenters. The second-order valence-electron chi connectivity index (χ2n) is 5.54. The van der Waals surface area contributed by atoms with Gasteiger partial charge in [0.15, 0.2) is 5.96 Å². The van der Waals surface area contributed by atoms with Crippen molar-refractivity contribution in [2.24, 2.45) is 4.99 Å². The van der Waals surface area contributed by atoms with Crippen molar-refractivity contribution in [1.29, 1.82) is 0 Å². The lowest BCUT2D eigenvalue weighted by atomic mass is 10.1. The average molecular weight is 272 g/mol. The highest BCUT2D eigenvalue weighted by atomic mass is 16.5. The van der Waals surface area contributed by atoms with Crippen molar-refractivity contribution in [1.82, 2.24) is 15.5 Å². The summed E-state index contributed by atoms with van der Waals surface area (Å²) in [6.45, 7) is 14.4. The molecule has 0 fully saturated rings. The van der Waals surface area contributed by atoms with Gasteiger partial charge in [0.2, 0.25) is 0 Å². The minimum atomic E-state index is -0.189. The first-order valence-corrected chi connectivity index (χ1v) is 7.10. The third kappa shape index (κ3) is 8.06. The average Bonchev–Trinajstić information content (AvgIpc) is 2.37. The van der Waals surface area contributed by atoms with Gasteiger partial charge in [-0.1, -0.05) is 6.92 Å². The number of methoxy groups -OCH3 is 1. The van der Waals surface area contributed by atoms with Crippen molar-refractivity contribution in [3.8, 4) is 0 Å². The number of nitrogens with one attached hydrogen (secondary N) is 2. The van der Waals surface area contributed by atoms with Crippen molar-refractivity contribution in [2.75, 3.05) is 40.3 Å². The summed E-state index contributed by atoms with van der Waals surface area (Å²) in [6.07, 6.45) is 0. The topological polar surface area (TPSA) is 48.9 Å². The Balaban J connectivity index is 4.02. The molecule has 5 nitrogen and oxygen atoms in total. The molecule has 0 aromatic rings. The summed E-state index contributed by atoms with van der Waals surface area (Å²) in [5, 5.41) is 6.60. The van der Waals surface area contributed by atoms with Gasteiger partial charge in [-0.2, -0.15) is 0 Å². The molecule has 0 rings (SSSR count). The predicted octanol–water partition coefficient (Wildman–Crippen LogP) is 1.31. The van der Waals surface area contributed by atoms with E-state index < -0.39 is 0 Å². The Kier molecular flexibility index (Phi) is 8.76. The van der Waals surface area contributed by atoms with Crippen LogP contribution >= 0.6 is 0 Å². The van der Waals surface area contributed by atoms with E-state index in [0.717, 1.165) is 32.1 Å². The van der Waals surface area contributed by atoms with E-state index in [2.05, 4.69) is 41.3 Å². The van der Waals surface area contributed by atoms with Crippen molar-refractivity contribution in [3.05, 3.63) is 0 Å². The maximum Gasteiger partial charge on any atom is 0.191 e. The molecule has 5 heteroatoms. The highest BCUT2D eigenvalue weighted by Crippen LogP contribution is 2.04. The van der Waals surface area contributed by atoms with E-state index in [-0.39, 0.29) is 5.60 Å². The normalized spacial score (nSPS) is 13.2. The number of hydrogen-bond acceptors (Lipinski definition) is 3. The summed E-state index contributed by atoms with van der Waals surface area (Å²) < 4.78 is 5.37. The SMILES string of the molecule is CCN(CCNC(=NC)NCC(C)(C)OC)C(C)C. The zero-order valence-corrected chi connectivity index (χ0v) is 13.7. The zero-order valence-electron chi connectivity index (χ0n) is 13.7. The molecule has 0 heterocycles. The predicted molar refractivity (Wildman–Crippen MR) is 82.8 cm³/mol. The molecule has 0 atom stereocenters. The highest BCUT2D eigenvalue weighted by molar-refractivity contribution is 5.79. The van der Waals surface area contributed by atoms with Crippen LogP contribution in [0.2, 0.25) is 0 Å². The molecule has 0 aliphatic rings. The lowest BCUT2D eigenvalue weighted by Crippen LogP contribution is -2.47. The van der Waals surface area contributed by atoms with E-state index in [1.165, 1.54) is 0 Å². The number of guanidine groups is 1. The van der Waals surface area contributed by atoms with Gasteiger partial charge in [-0.3, -0.25) is 9.89 Å². The van der Waals surface area contributed by atoms with E-state index >= 15 is 0 Å². The smallest absolute Gasteiger partial charge is 0.191 e. The standard InChI is InChI=1S/C14H32N4O/c1-8-18(12(2)3)10-9-16-13(15-6)17-11-14(4,5)19-7/h12H,8-11H2,1-7H3,(H2,15,16,17). The molecule has 2 N–H and O–H groups in total. The number of hydrogen-bond donors (Lipinski definition) is 2. The molecular weight excluding hydrogens is 240 g/mol. The van der Waals surface area contributed by atoms with Gasteiger partial charge in [-0.05, 0) is 34.2 Å². The van der Waals surface area contributed by atoms with E-state index in [1.807, 2.05) is 13.8 Å². The molecule has 0 aromatic carbocycles. The minimum Gasteiger partial charge on any atom is -0.377 e. The van der Waals surface area contributed by atoms with Gasteiger partial charge in [0.25, 0.3) is 0 Å². The molecule has 0 amide bonds. The first-order chi connectivity index (χ1) is 8.86. The number of likely N-dealkylation sites (N-methyl/N-ethyl adjacent to an activating group) is 1. The molecule has 0 aliphatic carbocycles. The third-order valence-electron chi connectivity index (χ3n) is 3.29. The van der Waals surface area contributed by atoms with Crippen molar-refractivity contribution in [3.63, 3.8) is 0 Å². The summed E-state index contributed by atoms with van der Waals surface area (Å²) in [5.41, 5.74) is -0.189. The Labute approximate surface area is 118 Å². The summed E-state index contributed by atoms with van der Waals surface area (Å²) in [5.74, 6) is 0.824. The fourth-order valence-corrected chi connectivity index (χ4v) is 1.69. The van der Waals surface area contributed by atoms with Crippen LogP contribution in [-0.4, -0.2) is 62.8 Å². The van der Waals surface area contributed by atoms with E-state index in [9.17, 15) is 0 Å². The first kappa shape index (κ1) is 18.2. The molecule has 0 aliphatic heterocycles. The van der Waals surface area contributed by atoms with Gasteiger partial charge in [-0.25, -0.2) is 0 Å². The van der Waals surface area contributed by atoms with E-state index in [1.54, 1.807) is 14.2 Å². The molecule has 0 bridgehead atoms. The van der Waals surface area contributed by atoms with Crippen LogP contribution in [0.25, 0.3) is 0 Å². The third-order valence-corrected chi connectivity index (χ3v) is 3.29. The van der Waals surface area contributed by atoms with Gasteiger partial charge in [0.1, 0.15) is 0 Å². The molecule has 0 spiro atoms. The monoisotopic (exact) mass is 272 g/mol. The number of rotatable bonds is 8. The van der Waals surface area contributed by atoms with Crippen LogP contribution in [0.4, 0.5) is 0 Å². The summed E-state index contributed by atoms with van der Waals surface area (Å²) in [4.78, 5) is 6.63. The maximum absolute atomic E-state index is 5.37. The van der Waals surface area contributed by atoms with Gasteiger partial charge >= 0.3 is 0 Å². The summed E-state index contributed by atoms with van der Waals surface area (Å²) in [7, 11) is 3.51. The molecular formula is C14H32N4O. The van der Waals surface area contributed by atoms with Gasteiger partial charge in [0, 0.05) is 39.8 Å². The Morgan fingerprint density at radius 1 is 1.32 bits per heavy atom. The Bertz CT molecular complexity index is 264. The molecule has 114 valence electrons.